The molecule has 1 fully saturated rings. The van der Waals surface area contributed by atoms with E-state index in [4.69, 9.17) is 4.74 Å². The van der Waals surface area contributed by atoms with Crippen molar-refractivity contribution in [3.05, 3.63) is 35.1 Å². The zero-order valence-electron chi connectivity index (χ0n) is 12.8. The number of alkyl halides is 3. The van der Waals surface area contributed by atoms with Crippen LogP contribution < -0.4 is 5.32 Å². The second-order valence-corrected chi connectivity index (χ2v) is 5.35. The molecule has 1 aliphatic heterocycles. The summed E-state index contributed by atoms with van der Waals surface area (Å²) in [4.78, 5) is 24.5. The van der Waals surface area contributed by atoms with Crippen LogP contribution in [0.3, 0.4) is 0 Å². The molecule has 0 aromatic heterocycles. The highest BCUT2D eigenvalue weighted by atomic mass is 19.4. The van der Waals surface area contributed by atoms with E-state index in [0.29, 0.717) is 6.07 Å². The number of nitrogens with one attached hydrogen (secondary N) is 1. The second-order valence-electron chi connectivity index (χ2n) is 5.35. The molecule has 0 aliphatic carbocycles. The summed E-state index contributed by atoms with van der Waals surface area (Å²) in [5.41, 5.74) is -2.11. The van der Waals surface area contributed by atoms with Crippen molar-refractivity contribution in [1.29, 1.82) is 0 Å². The summed E-state index contributed by atoms with van der Waals surface area (Å²) in [5, 5.41) is 2.53. The van der Waals surface area contributed by atoms with Crippen molar-refractivity contribution in [3.8, 4) is 0 Å². The van der Waals surface area contributed by atoms with Gasteiger partial charge in [-0.1, -0.05) is 6.07 Å². The lowest BCUT2D eigenvalue weighted by molar-refractivity contribution is -0.140. The molecule has 132 valence electrons. The average Bonchev–Trinajstić information content (AvgIpc) is 2.51. The molecule has 1 atom stereocenters. The summed E-state index contributed by atoms with van der Waals surface area (Å²) < 4.78 is 57.7. The molecule has 1 aliphatic rings. The largest absolute Gasteiger partial charge is 0.419 e. The molecule has 0 bridgehead atoms. The average molecular weight is 348 g/mol. The molecule has 0 spiro atoms. The lowest BCUT2D eigenvalue weighted by Crippen LogP contribution is -2.49. The van der Waals surface area contributed by atoms with Gasteiger partial charge in [0.15, 0.2) is 0 Å². The van der Waals surface area contributed by atoms with E-state index in [0.717, 1.165) is 12.1 Å². The van der Waals surface area contributed by atoms with Crippen molar-refractivity contribution < 1.29 is 31.9 Å². The third-order valence-electron chi connectivity index (χ3n) is 3.54. The number of carbonyl (C=O) groups is 2. The Morgan fingerprint density at radius 2 is 2.08 bits per heavy atom. The normalized spacial score (nSPS) is 18.4. The second kappa shape index (κ2) is 7.16. The monoisotopic (exact) mass is 348 g/mol. The van der Waals surface area contributed by atoms with Gasteiger partial charge < -0.3 is 15.0 Å². The van der Waals surface area contributed by atoms with E-state index >= 15 is 0 Å². The zero-order valence-corrected chi connectivity index (χ0v) is 12.8. The first-order valence-electron chi connectivity index (χ1n) is 7.21. The predicted molar refractivity (Wildman–Crippen MR) is 75.7 cm³/mol. The summed E-state index contributed by atoms with van der Waals surface area (Å²) in [6.45, 7) is 1.81. The molecule has 2 rings (SSSR count). The van der Waals surface area contributed by atoms with Crippen LogP contribution in [0, 0.1) is 5.82 Å². The highest BCUT2D eigenvalue weighted by molar-refractivity contribution is 5.94. The van der Waals surface area contributed by atoms with Crippen molar-refractivity contribution >= 4 is 11.8 Å². The van der Waals surface area contributed by atoms with Gasteiger partial charge in [0.1, 0.15) is 5.82 Å². The molecule has 0 radical (unpaired) electrons. The predicted octanol–water partition coefficient (Wildman–Crippen LogP) is 1.82. The quantitative estimate of drug-likeness (QED) is 0.848. The van der Waals surface area contributed by atoms with E-state index in [9.17, 15) is 27.2 Å². The molecule has 0 unspecified atom stereocenters. The van der Waals surface area contributed by atoms with Crippen LogP contribution in [0.15, 0.2) is 18.2 Å². The Hall–Kier alpha value is -2.16. The number of rotatable bonds is 3. The number of carbonyl (C=O) groups excluding carboxylic acids is 2. The number of halogens is 4. The maximum atomic E-state index is 14.1. The van der Waals surface area contributed by atoms with Gasteiger partial charge in [-0.2, -0.15) is 13.2 Å². The molecule has 24 heavy (non-hydrogen) atoms. The van der Waals surface area contributed by atoms with Crippen molar-refractivity contribution in [2.45, 2.75) is 19.2 Å². The molecule has 0 saturated carbocycles. The molecule has 1 saturated heterocycles. The Kier molecular flexibility index (Phi) is 5.43. The van der Waals surface area contributed by atoms with Crippen LogP contribution in [0.25, 0.3) is 0 Å². The summed E-state index contributed by atoms with van der Waals surface area (Å²) >= 11 is 0. The van der Waals surface area contributed by atoms with Gasteiger partial charge in [-0.05, 0) is 12.1 Å². The topological polar surface area (TPSA) is 58.6 Å². The van der Waals surface area contributed by atoms with Gasteiger partial charge in [0.2, 0.25) is 5.91 Å². The number of hydrogen-bond acceptors (Lipinski definition) is 3. The molecular weight excluding hydrogens is 332 g/mol. The maximum absolute atomic E-state index is 14.1. The number of morpholine rings is 1. The van der Waals surface area contributed by atoms with Crippen molar-refractivity contribution in [2.75, 3.05) is 26.2 Å². The Morgan fingerprint density at radius 1 is 1.38 bits per heavy atom. The van der Waals surface area contributed by atoms with Crippen molar-refractivity contribution in [2.24, 2.45) is 0 Å². The number of amides is 2. The zero-order chi connectivity index (χ0) is 17.9. The molecule has 1 aromatic rings. The minimum absolute atomic E-state index is 0.0504. The van der Waals surface area contributed by atoms with E-state index in [1.807, 2.05) is 0 Å². The van der Waals surface area contributed by atoms with Crippen molar-refractivity contribution in [3.63, 3.8) is 0 Å². The number of benzene rings is 1. The smallest absolute Gasteiger partial charge is 0.373 e. The lowest BCUT2D eigenvalue weighted by Gasteiger charge is -2.33. The summed E-state index contributed by atoms with van der Waals surface area (Å²) in [5.74, 6) is -2.69. The SMILES string of the molecule is CC(=O)NC[C@@H]1CN(C(=O)c2cccc(C(F)(F)F)c2F)CCO1. The van der Waals surface area contributed by atoms with Gasteiger partial charge in [-0.25, -0.2) is 4.39 Å². The van der Waals surface area contributed by atoms with E-state index in [1.165, 1.54) is 11.8 Å². The molecule has 1 heterocycles. The first-order chi connectivity index (χ1) is 11.2. The first-order valence-corrected chi connectivity index (χ1v) is 7.21. The van der Waals surface area contributed by atoms with Gasteiger partial charge in [-0.15, -0.1) is 0 Å². The lowest BCUT2D eigenvalue weighted by atomic mass is 10.1. The van der Waals surface area contributed by atoms with Crippen LogP contribution in [0.1, 0.15) is 22.8 Å². The first kappa shape index (κ1) is 18.2. The third kappa shape index (κ3) is 4.22. The van der Waals surface area contributed by atoms with Crippen LogP contribution in [0.5, 0.6) is 0 Å². The molecule has 2 amide bonds. The molecule has 1 N–H and O–H groups in total. The highest BCUT2D eigenvalue weighted by Gasteiger charge is 2.36. The van der Waals surface area contributed by atoms with Gasteiger partial charge >= 0.3 is 6.18 Å². The summed E-state index contributed by atoms with van der Waals surface area (Å²) in [7, 11) is 0. The minimum Gasteiger partial charge on any atom is -0.373 e. The molecular formula is C15H16F4N2O3. The number of ether oxygens (including phenoxy) is 1. The van der Waals surface area contributed by atoms with Gasteiger partial charge in [0.05, 0.1) is 23.8 Å². The van der Waals surface area contributed by atoms with Crippen LogP contribution in [0.4, 0.5) is 17.6 Å². The Balaban J connectivity index is 2.15. The van der Waals surface area contributed by atoms with E-state index in [2.05, 4.69) is 5.32 Å². The van der Waals surface area contributed by atoms with Gasteiger partial charge in [0, 0.05) is 26.6 Å². The Bertz CT molecular complexity index is 634. The third-order valence-corrected chi connectivity index (χ3v) is 3.54. The highest BCUT2D eigenvalue weighted by Crippen LogP contribution is 2.32. The molecule has 5 nitrogen and oxygen atoms in total. The molecule has 1 aromatic carbocycles. The van der Waals surface area contributed by atoms with Crippen LogP contribution in [-0.2, 0) is 15.7 Å². The summed E-state index contributed by atoms with van der Waals surface area (Å²) in [6.07, 6.45) is -5.38. The van der Waals surface area contributed by atoms with E-state index in [1.54, 1.807) is 0 Å². The van der Waals surface area contributed by atoms with Gasteiger partial charge in [0.25, 0.3) is 5.91 Å². The fourth-order valence-electron chi connectivity index (χ4n) is 2.37. The maximum Gasteiger partial charge on any atom is 0.419 e. The fraction of sp³-hybridized carbons (Fsp3) is 0.467. The van der Waals surface area contributed by atoms with E-state index in [-0.39, 0.29) is 32.1 Å². The number of hydrogen-bond donors (Lipinski definition) is 1. The standard InChI is InChI=1S/C15H16F4N2O3/c1-9(22)20-7-10-8-21(5-6-24-10)14(23)11-3-2-4-12(13(11)16)15(17,18)19/h2-4,10H,5-8H2,1H3,(H,20,22)/t10-/m1/s1. The van der Waals surface area contributed by atoms with Crippen LogP contribution >= 0.6 is 0 Å². The van der Waals surface area contributed by atoms with Crippen LogP contribution in [0.2, 0.25) is 0 Å². The Morgan fingerprint density at radius 3 is 2.71 bits per heavy atom. The minimum atomic E-state index is -4.88. The van der Waals surface area contributed by atoms with Gasteiger partial charge in [-0.3, -0.25) is 9.59 Å². The van der Waals surface area contributed by atoms with Crippen LogP contribution in [-0.4, -0.2) is 49.1 Å². The summed E-state index contributed by atoms with van der Waals surface area (Å²) in [6, 6.07) is 2.60. The number of nitrogens with zero attached hydrogens (tertiary/aromatic N) is 1. The fourth-order valence-corrected chi connectivity index (χ4v) is 2.37. The molecule has 9 heteroatoms. The van der Waals surface area contributed by atoms with E-state index < -0.39 is 35.1 Å². The van der Waals surface area contributed by atoms with Crippen molar-refractivity contribution in [1.82, 2.24) is 10.2 Å². The Labute approximate surface area is 135 Å².